The largest absolute Gasteiger partial charge is 0.368 e. The topological polar surface area (TPSA) is 79.5 Å². The van der Waals surface area contributed by atoms with Gasteiger partial charge in [-0.3, -0.25) is 9.48 Å². The van der Waals surface area contributed by atoms with Crippen LogP contribution in [-0.2, 0) is 6.54 Å². The molecule has 0 bridgehead atoms. The lowest BCUT2D eigenvalue weighted by atomic mass is 10.1. The molecule has 4 aromatic rings. The summed E-state index contributed by atoms with van der Waals surface area (Å²) in [4.78, 5) is 19.9. The van der Waals surface area contributed by atoms with Gasteiger partial charge in [0.15, 0.2) is 11.5 Å². The summed E-state index contributed by atoms with van der Waals surface area (Å²) < 4.78 is 18.0. The third-order valence-electron chi connectivity index (χ3n) is 6.89. The second-order valence-corrected chi connectivity index (χ2v) is 9.37. The first-order chi connectivity index (χ1) is 16.5. The average molecular weight is 462 g/mol. The van der Waals surface area contributed by atoms with Crippen molar-refractivity contribution >= 4 is 33.8 Å². The van der Waals surface area contributed by atoms with E-state index in [4.69, 9.17) is 5.10 Å². The SMILES string of the molecule is CCn1cc2c(N3CCNC(C4CC4)C3)ccc(C(=O)Nc3cc(F)c4nc(C)cn4c3)c2n1. The summed E-state index contributed by atoms with van der Waals surface area (Å²) in [6, 6.07) is 5.68. The van der Waals surface area contributed by atoms with Crippen molar-refractivity contribution in [2.24, 2.45) is 5.92 Å². The molecule has 1 aliphatic heterocycles. The Balaban J connectivity index is 1.34. The number of imidazole rings is 1. The van der Waals surface area contributed by atoms with Gasteiger partial charge in [0.05, 0.1) is 16.9 Å². The number of aromatic nitrogens is 4. The van der Waals surface area contributed by atoms with E-state index >= 15 is 0 Å². The molecule has 0 spiro atoms. The van der Waals surface area contributed by atoms with E-state index < -0.39 is 5.82 Å². The third-order valence-corrected chi connectivity index (χ3v) is 6.89. The van der Waals surface area contributed by atoms with Gasteiger partial charge < -0.3 is 19.9 Å². The van der Waals surface area contributed by atoms with Gasteiger partial charge in [-0.25, -0.2) is 9.37 Å². The van der Waals surface area contributed by atoms with Gasteiger partial charge in [0.25, 0.3) is 5.91 Å². The van der Waals surface area contributed by atoms with E-state index in [1.165, 1.54) is 18.9 Å². The number of aryl methyl sites for hydroxylation is 2. The number of anilines is 2. The van der Waals surface area contributed by atoms with Gasteiger partial charge in [0.1, 0.15) is 5.52 Å². The zero-order valence-electron chi connectivity index (χ0n) is 19.4. The lowest BCUT2D eigenvalue weighted by Crippen LogP contribution is -2.51. The summed E-state index contributed by atoms with van der Waals surface area (Å²) in [6.45, 7) is 7.39. The van der Waals surface area contributed by atoms with E-state index in [2.05, 4.69) is 20.5 Å². The van der Waals surface area contributed by atoms with Crippen LogP contribution in [0.2, 0.25) is 0 Å². The molecule has 2 fully saturated rings. The summed E-state index contributed by atoms with van der Waals surface area (Å²) in [5.74, 6) is -0.0195. The number of hydrogen-bond acceptors (Lipinski definition) is 5. The molecule has 9 heteroatoms. The Morgan fingerprint density at radius 3 is 2.91 bits per heavy atom. The van der Waals surface area contributed by atoms with Crippen molar-refractivity contribution in [3.63, 3.8) is 0 Å². The number of carbonyl (C=O) groups is 1. The molecule has 8 nitrogen and oxygen atoms in total. The average Bonchev–Trinajstić information content (AvgIpc) is 3.47. The first-order valence-corrected chi connectivity index (χ1v) is 11.9. The third kappa shape index (κ3) is 3.69. The normalized spacial score (nSPS) is 18.7. The second kappa shape index (κ2) is 8.09. The van der Waals surface area contributed by atoms with Crippen LogP contribution in [0.15, 0.2) is 36.8 Å². The number of piperazine rings is 1. The number of pyridine rings is 1. The van der Waals surface area contributed by atoms with Crippen LogP contribution in [0.5, 0.6) is 0 Å². The van der Waals surface area contributed by atoms with Gasteiger partial charge >= 0.3 is 0 Å². The van der Waals surface area contributed by atoms with Crippen molar-refractivity contribution in [2.75, 3.05) is 29.9 Å². The molecule has 6 rings (SSSR count). The maximum Gasteiger partial charge on any atom is 0.257 e. The first kappa shape index (κ1) is 21.1. The van der Waals surface area contributed by atoms with Crippen LogP contribution in [0.1, 0.15) is 35.8 Å². The summed E-state index contributed by atoms with van der Waals surface area (Å²) in [5.41, 5.74) is 3.57. The molecule has 176 valence electrons. The van der Waals surface area contributed by atoms with Gasteiger partial charge in [-0.15, -0.1) is 0 Å². The van der Waals surface area contributed by atoms with Crippen LogP contribution in [0.25, 0.3) is 16.6 Å². The summed E-state index contributed by atoms with van der Waals surface area (Å²) in [7, 11) is 0. The monoisotopic (exact) mass is 461 g/mol. The molecule has 2 N–H and O–H groups in total. The van der Waals surface area contributed by atoms with Crippen molar-refractivity contribution in [2.45, 2.75) is 39.3 Å². The number of halogens is 1. The second-order valence-electron chi connectivity index (χ2n) is 9.37. The van der Waals surface area contributed by atoms with Gasteiger partial charge in [-0.1, -0.05) is 0 Å². The molecule has 2 aliphatic rings. The Labute approximate surface area is 196 Å². The minimum Gasteiger partial charge on any atom is -0.368 e. The lowest BCUT2D eigenvalue weighted by Gasteiger charge is -2.36. The molecular weight excluding hydrogens is 433 g/mol. The smallest absolute Gasteiger partial charge is 0.257 e. The molecule has 1 aliphatic carbocycles. The quantitative estimate of drug-likeness (QED) is 0.475. The van der Waals surface area contributed by atoms with Gasteiger partial charge in [0.2, 0.25) is 0 Å². The van der Waals surface area contributed by atoms with E-state index in [0.717, 1.165) is 36.6 Å². The van der Waals surface area contributed by atoms with Gasteiger partial charge in [-0.05, 0) is 44.7 Å². The molecule has 0 radical (unpaired) electrons. The van der Waals surface area contributed by atoms with Crippen molar-refractivity contribution in [3.05, 3.63) is 53.9 Å². The molecule has 1 atom stereocenters. The Kier molecular flexibility index (Phi) is 5.02. The zero-order valence-corrected chi connectivity index (χ0v) is 19.4. The van der Waals surface area contributed by atoms with E-state index in [9.17, 15) is 9.18 Å². The van der Waals surface area contributed by atoms with Gasteiger partial charge in [-0.2, -0.15) is 5.10 Å². The standard InChI is InChI=1S/C25H28FN7O/c1-3-33-13-19-22(31-9-8-27-21(14-31)16-4-5-16)7-6-18(23(19)30-33)25(34)29-17-10-20(26)24-28-15(2)11-32(24)12-17/h6-7,10-13,16,21,27H,3-5,8-9,14H2,1-2H3,(H,29,34). The number of carbonyl (C=O) groups excluding carboxylic acids is 1. The van der Waals surface area contributed by atoms with Crippen LogP contribution in [0.4, 0.5) is 15.8 Å². The molecular formula is C25H28FN7O. The van der Waals surface area contributed by atoms with Crippen LogP contribution in [-0.4, -0.2) is 50.7 Å². The first-order valence-electron chi connectivity index (χ1n) is 11.9. The predicted octanol–water partition coefficient (Wildman–Crippen LogP) is 3.59. The van der Waals surface area contributed by atoms with E-state index in [1.54, 1.807) is 23.7 Å². The fourth-order valence-electron chi connectivity index (χ4n) is 5.02. The number of amides is 1. The molecule has 1 amide bonds. The zero-order chi connectivity index (χ0) is 23.4. The minimum atomic E-state index is -0.481. The highest BCUT2D eigenvalue weighted by atomic mass is 19.1. The molecule has 34 heavy (non-hydrogen) atoms. The maximum absolute atomic E-state index is 14.5. The highest BCUT2D eigenvalue weighted by Crippen LogP contribution is 2.36. The molecule has 3 aromatic heterocycles. The molecule has 1 saturated heterocycles. The number of nitrogens with one attached hydrogen (secondary N) is 2. The summed E-state index contributed by atoms with van der Waals surface area (Å²) in [6.07, 6.45) is 8.03. The fraction of sp³-hybridized carbons (Fsp3) is 0.400. The molecule has 1 aromatic carbocycles. The van der Waals surface area contributed by atoms with Crippen LogP contribution in [0, 0.1) is 18.7 Å². The number of rotatable bonds is 5. The summed E-state index contributed by atoms with van der Waals surface area (Å²) in [5, 5.41) is 12.2. The van der Waals surface area contributed by atoms with Crippen molar-refractivity contribution in [3.8, 4) is 0 Å². The van der Waals surface area contributed by atoms with E-state index in [1.807, 2.05) is 29.9 Å². The fourth-order valence-corrected chi connectivity index (χ4v) is 5.02. The number of fused-ring (bicyclic) bond motifs is 2. The van der Waals surface area contributed by atoms with Crippen LogP contribution >= 0.6 is 0 Å². The molecule has 4 heterocycles. The van der Waals surface area contributed by atoms with Gasteiger partial charge in [0, 0.05) is 68.0 Å². The number of benzene rings is 1. The number of hydrogen-bond donors (Lipinski definition) is 2. The van der Waals surface area contributed by atoms with Crippen LogP contribution in [0.3, 0.4) is 0 Å². The van der Waals surface area contributed by atoms with E-state index in [-0.39, 0.29) is 11.6 Å². The Morgan fingerprint density at radius 1 is 1.26 bits per heavy atom. The Hall–Kier alpha value is -3.46. The molecule has 1 saturated carbocycles. The Morgan fingerprint density at radius 2 is 2.12 bits per heavy atom. The van der Waals surface area contributed by atoms with Crippen molar-refractivity contribution < 1.29 is 9.18 Å². The predicted molar refractivity (Wildman–Crippen MR) is 130 cm³/mol. The lowest BCUT2D eigenvalue weighted by molar-refractivity contribution is 0.102. The Bertz CT molecular complexity index is 1400. The maximum atomic E-state index is 14.5. The van der Waals surface area contributed by atoms with E-state index in [0.29, 0.717) is 35.0 Å². The molecule has 1 unspecified atom stereocenters. The minimum absolute atomic E-state index is 0.240. The highest BCUT2D eigenvalue weighted by molar-refractivity contribution is 6.13. The van der Waals surface area contributed by atoms with Crippen molar-refractivity contribution in [1.29, 1.82) is 0 Å². The highest BCUT2D eigenvalue weighted by Gasteiger charge is 2.34. The summed E-state index contributed by atoms with van der Waals surface area (Å²) >= 11 is 0. The van der Waals surface area contributed by atoms with Crippen molar-refractivity contribution in [1.82, 2.24) is 24.5 Å². The number of nitrogens with zero attached hydrogens (tertiary/aromatic N) is 5. The van der Waals surface area contributed by atoms with Crippen LogP contribution < -0.4 is 15.5 Å².